The summed E-state index contributed by atoms with van der Waals surface area (Å²) < 4.78 is 26.9. The fraction of sp³-hybridized carbons (Fsp3) is 0.118. The zero-order valence-electron chi connectivity index (χ0n) is 12.6. The number of fused-ring (bicyclic) bond motifs is 1. The highest BCUT2D eigenvalue weighted by atomic mass is 35.5. The van der Waals surface area contributed by atoms with E-state index in [9.17, 15) is 13.2 Å². The molecule has 4 nitrogen and oxygen atoms in total. The first-order chi connectivity index (χ1) is 10.8. The second kappa shape index (κ2) is 5.51. The lowest BCUT2D eigenvalue weighted by atomic mass is 10.1. The minimum Gasteiger partial charge on any atom is -0.287 e. The molecule has 0 aliphatic heterocycles. The number of rotatable bonds is 2. The van der Waals surface area contributed by atoms with Crippen molar-refractivity contribution in [2.45, 2.75) is 18.7 Å². The first kappa shape index (κ1) is 15.8. The Morgan fingerprint density at radius 2 is 1.65 bits per heavy atom. The summed E-state index contributed by atoms with van der Waals surface area (Å²) in [5.74, 6) is 0. The highest BCUT2D eigenvalue weighted by Gasteiger charge is 2.21. The quantitative estimate of drug-likeness (QED) is 0.712. The standard InChI is InChI=1S/C17H14ClNO3S/c1-11-6-8-13(9-7-11)23(21,22)19-10-14(18)17(20)16-12(2)4-3-5-15(16)19/h3-10H,1-2H3. The molecule has 0 unspecified atom stereocenters. The SMILES string of the molecule is Cc1ccc(S(=O)(=O)n2cc(Cl)c(=O)c3c(C)cccc32)cc1. The molecule has 0 amide bonds. The van der Waals surface area contributed by atoms with E-state index in [1.807, 2.05) is 6.92 Å². The van der Waals surface area contributed by atoms with Crippen molar-refractivity contribution in [3.63, 3.8) is 0 Å². The number of aryl methyl sites for hydroxylation is 2. The molecule has 0 saturated carbocycles. The maximum absolute atomic E-state index is 12.9. The molecule has 1 heterocycles. The fourth-order valence-corrected chi connectivity index (χ4v) is 4.12. The Balaban J connectivity index is 2.41. The van der Waals surface area contributed by atoms with Crippen LogP contribution in [0.1, 0.15) is 11.1 Å². The normalized spacial score (nSPS) is 11.8. The maximum atomic E-state index is 12.9. The number of pyridine rings is 1. The summed E-state index contributed by atoms with van der Waals surface area (Å²) in [6.07, 6.45) is 1.17. The number of benzene rings is 2. The maximum Gasteiger partial charge on any atom is 0.268 e. The topological polar surface area (TPSA) is 56.1 Å². The van der Waals surface area contributed by atoms with Crippen molar-refractivity contribution in [1.29, 1.82) is 0 Å². The van der Waals surface area contributed by atoms with Gasteiger partial charge in [-0.3, -0.25) is 4.79 Å². The van der Waals surface area contributed by atoms with Crippen molar-refractivity contribution in [3.05, 3.63) is 75.0 Å². The smallest absolute Gasteiger partial charge is 0.268 e. The van der Waals surface area contributed by atoms with Gasteiger partial charge >= 0.3 is 0 Å². The highest BCUT2D eigenvalue weighted by Crippen LogP contribution is 2.23. The predicted molar refractivity (Wildman–Crippen MR) is 91.7 cm³/mol. The monoisotopic (exact) mass is 347 g/mol. The summed E-state index contributed by atoms with van der Waals surface area (Å²) in [7, 11) is -3.85. The van der Waals surface area contributed by atoms with Crippen molar-refractivity contribution in [3.8, 4) is 0 Å². The molecule has 1 aromatic heterocycles. The molecule has 0 fully saturated rings. The first-order valence-corrected chi connectivity index (χ1v) is 8.77. The number of nitrogens with zero attached hydrogens (tertiary/aromatic N) is 1. The molecule has 3 aromatic rings. The molecule has 2 aromatic carbocycles. The lowest BCUT2D eigenvalue weighted by Gasteiger charge is -2.13. The van der Waals surface area contributed by atoms with Crippen LogP contribution in [0.2, 0.25) is 5.02 Å². The van der Waals surface area contributed by atoms with Gasteiger partial charge < -0.3 is 0 Å². The Morgan fingerprint density at radius 3 is 2.30 bits per heavy atom. The van der Waals surface area contributed by atoms with Gasteiger partial charge in [-0.25, -0.2) is 12.4 Å². The zero-order chi connectivity index (χ0) is 16.8. The van der Waals surface area contributed by atoms with Gasteiger partial charge in [0.1, 0.15) is 5.02 Å². The number of hydrogen-bond donors (Lipinski definition) is 0. The minimum absolute atomic E-state index is 0.123. The van der Waals surface area contributed by atoms with Crippen LogP contribution in [0, 0.1) is 13.8 Å². The first-order valence-electron chi connectivity index (χ1n) is 6.95. The van der Waals surface area contributed by atoms with Gasteiger partial charge in [0.2, 0.25) is 5.43 Å². The number of hydrogen-bond acceptors (Lipinski definition) is 3. The third-order valence-corrected chi connectivity index (χ3v) is 5.70. The molecular weight excluding hydrogens is 334 g/mol. The van der Waals surface area contributed by atoms with E-state index in [4.69, 9.17) is 11.6 Å². The van der Waals surface area contributed by atoms with Crippen LogP contribution in [0.3, 0.4) is 0 Å². The lowest BCUT2D eigenvalue weighted by molar-refractivity contribution is 0.588. The largest absolute Gasteiger partial charge is 0.287 e. The molecule has 3 rings (SSSR count). The molecule has 0 saturated heterocycles. The zero-order valence-corrected chi connectivity index (χ0v) is 14.1. The van der Waals surface area contributed by atoms with E-state index >= 15 is 0 Å². The van der Waals surface area contributed by atoms with Crippen molar-refractivity contribution in [2.24, 2.45) is 0 Å². The third kappa shape index (κ3) is 2.56. The van der Waals surface area contributed by atoms with Gasteiger partial charge in [-0.2, -0.15) is 0 Å². The summed E-state index contributed by atoms with van der Waals surface area (Å²) in [5.41, 5.74) is 1.60. The van der Waals surface area contributed by atoms with Gasteiger partial charge in [-0.15, -0.1) is 0 Å². The highest BCUT2D eigenvalue weighted by molar-refractivity contribution is 7.90. The molecular formula is C17H14ClNO3S. The van der Waals surface area contributed by atoms with Crippen molar-refractivity contribution >= 4 is 32.5 Å². The third-order valence-electron chi connectivity index (χ3n) is 3.74. The Hall–Kier alpha value is -2.11. The molecule has 0 N–H and O–H groups in total. The van der Waals surface area contributed by atoms with Gasteiger partial charge in [0.25, 0.3) is 10.0 Å². The van der Waals surface area contributed by atoms with Crippen LogP contribution in [-0.4, -0.2) is 12.4 Å². The molecule has 23 heavy (non-hydrogen) atoms. The van der Waals surface area contributed by atoms with Gasteiger partial charge in [-0.05, 0) is 37.6 Å². The van der Waals surface area contributed by atoms with Crippen LogP contribution in [0.25, 0.3) is 10.9 Å². The van der Waals surface area contributed by atoms with Crippen LogP contribution in [0.15, 0.2) is 58.4 Å². The number of aromatic nitrogens is 1. The van der Waals surface area contributed by atoms with Crippen molar-refractivity contribution in [2.75, 3.05) is 0 Å². The molecule has 118 valence electrons. The predicted octanol–water partition coefficient (Wildman–Crippen LogP) is 3.51. The van der Waals surface area contributed by atoms with Crippen LogP contribution in [-0.2, 0) is 10.0 Å². The van der Waals surface area contributed by atoms with Gasteiger partial charge in [0.05, 0.1) is 15.8 Å². The summed E-state index contributed by atoms with van der Waals surface area (Å²) in [4.78, 5) is 12.4. The minimum atomic E-state index is -3.85. The Kier molecular flexibility index (Phi) is 3.78. The van der Waals surface area contributed by atoms with Crippen molar-refractivity contribution < 1.29 is 8.42 Å². The van der Waals surface area contributed by atoms with E-state index in [-0.39, 0.29) is 15.3 Å². The molecule has 0 bridgehead atoms. The Bertz CT molecular complexity index is 1070. The van der Waals surface area contributed by atoms with Crippen LogP contribution in [0.5, 0.6) is 0 Å². The molecule has 6 heteroatoms. The molecule has 0 spiro atoms. The van der Waals surface area contributed by atoms with E-state index in [0.717, 1.165) is 9.54 Å². The van der Waals surface area contributed by atoms with Crippen LogP contribution in [0.4, 0.5) is 0 Å². The van der Waals surface area contributed by atoms with E-state index in [1.54, 1.807) is 37.3 Å². The molecule has 0 radical (unpaired) electrons. The van der Waals surface area contributed by atoms with E-state index in [1.165, 1.54) is 18.3 Å². The number of halogens is 1. The van der Waals surface area contributed by atoms with Crippen molar-refractivity contribution in [1.82, 2.24) is 3.97 Å². The molecule has 0 atom stereocenters. The van der Waals surface area contributed by atoms with E-state index in [2.05, 4.69) is 0 Å². The Morgan fingerprint density at radius 1 is 1.00 bits per heavy atom. The fourth-order valence-electron chi connectivity index (χ4n) is 2.50. The summed E-state index contributed by atoms with van der Waals surface area (Å²) in [5, 5.41) is 0.193. The second-order valence-corrected chi connectivity index (χ2v) is 7.61. The van der Waals surface area contributed by atoms with Gasteiger partial charge in [0, 0.05) is 6.20 Å². The summed E-state index contributed by atoms with van der Waals surface area (Å²) in [6.45, 7) is 3.63. The van der Waals surface area contributed by atoms with Gasteiger partial charge in [-0.1, -0.05) is 41.4 Å². The molecule has 0 aliphatic rings. The summed E-state index contributed by atoms with van der Waals surface area (Å²) >= 11 is 5.99. The second-order valence-electron chi connectivity index (χ2n) is 5.39. The Labute approximate surface area is 139 Å². The van der Waals surface area contributed by atoms with Crippen LogP contribution >= 0.6 is 11.6 Å². The van der Waals surface area contributed by atoms with Gasteiger partial charge in [0.15, 0.2) is 0 Å². The molecule has 0 aliphatic carbocycles. The average molecular weight is 348 g/mol. The summed E-state index contributed by atoms with van der Waals surface area (Å²) in [6, 6.07) is 11.6. The van der Waals surface area contributed by atoms with E-state index in [0.29, 0.717) is 16.5 Å². The van der Waals surface area contributed by atoms with Crippen LogP contribution < -0.4 is 5.43 Å². The lowest BCUT2D eigenvalue weighted by Crippen LogP contribution is -2.18. The average Bonchev–Trinajstić information content (AvgIpc) is 2.51. The van der Waals surface area contributed by atoms with E-state index < -0.39 is 10.0 Å².